The second kappa shape index (κ2) is 7.09. The van der Waals surface area contributed by atoms with Gasteiger partial charge in [-0.25, -0.2) is 4.98 Å². The zero-order valence-electron chi connectivity index (χ0n) is 16.3. The van der Waals surface area contributed by atoms with Crippen LogP contribution >= 0.6 is 0 Å². The normalized spacial score (nSPS) is 21.6. The Bertz CT molecular complexity index is 826. The number of ether oxygens (including phenoxy) is 1. The number of hydrogen-bond acceptors (Lipinski definition) is 5. The lowest BCUT2D eigenvalue weighted by Gasteiger charge is -2.47. The molecule has 2 aliphatic heterocycles. The fraction of sp³-hybridized carbons (Fsp3) is 0.524. The minimum atomic E-state index is -0.0400. The number of carbonyl (C=O) groups is 1. The molecule has 144 valence electrons. The van der Waals surface area contributed by atoms with E-state index in [0.29, 0.717) is 17.5 Å². The van der Waals surface area contributed by atoms with E-state index in [4.69, 9.17) is 9.15 Å². The zero-order valence-corrected chi connectivity index (χ0v) is 16.3. The van der Waals surface area contributed by atoms with Crippen molar-refractivity contribution in [1.82, 2.24) is 14.8 Å². The molecule has 1 amide bonds. The van der Waals surface area contributed by atoms with Crippen molar-refractivity contribution in [1.29, 1.82) is 0 Å². The van der Waals surface area contributed by atoms with Crippen LogP contribution in [-0.2, 0) is 4.74 Å². The van der Waals surface area contributed by atoms with E-state index in [1.54, 1.807) is 0 Å². The molecule has 1 aromatic carbocycles. The van der Waals surface area contributed by atoms with Crippen LogP contribution in [0.25, 0.3) is 11.3 Å². The lowest BCUT2D eigenvalue weighted by molar-refractivity contribution is 0.0107. The number of amides is 1. The van der Waals surface area contributed by atoms with E-state index in [1.807, 2.05) is 43.0 Å². The Hall–Kier alpha value is -2.18. The lowest BCUT2D eigenvalue weighted by Crippen LogP contribution is -2.59. The number of likely N-dealkylation sites (tertiary alicyclic amines) is 2. The number of benzene rings is 1. The summed E-state index contributed by atoms with van der Waals surface area (Å²) in [4.78, 5) is 21.5. The monoisotopic (exact) mass is 369 g/mol. The molecule has 0 radical (unpaired) electrons. The van der Waals surface area contributed by atoms with Crippen molar-refractivity contribution in [2.45, 2.75) is 26.3 Å². The summed E-state index contributed by atoms with van der Waals surface area (Å²) in [6.07, 6.45) is 2.44. The van der Waals surface area contributed by atoms with Crippen LogP contribution in [0.5, 0.6) is 0 Å². The lowest BCUT2D eigenvalue weighted by atomic mass is 9.77. The smallest absolute Gasteiger partial charge is 0.276 e. The Balaban J connectivity index is 1.44. The van der Waals surface area contributed by atoms with Crippen LogP contribution < -0.4 is 0 Å². The molecule has 1 atom stereocenters. The van der Waals surface area contributed by atoms with Gasteiger partial charge in [0.05, 0.1) is 6.61 Å². The number of oxazole rings is 1. The molecule has 0 aliphatic carbocycles. The summed E-state index contributed by atoms with van der Waals surface area (Å²) < 4.78 is 11.2. The van der Waals surface area contributed by atoms with Gasteiger partial charge >= 0.3 is 0 Å². The van der Waals surface area contributed by atoms with Crippen molar-refractivity contribution < 1.29 is 13.9 Å². The summed E-state index contributed by atoms with van der Waals surface area (Å²) in [6, 6.07) is 8.39. The number of rotatable bonds is 5. The van der Waals surface area contributed by atoms with Crippen LogP contribution in [-0.4, -0.2) is 66.6 Å². The molecule has 3 heterocycles. The maximum Gasteiger partial charge on any atom is 0.276 e. The van der Waals surface area contributed by atoms with Crippen LogP contribution in [0, 0.1) is 12.3 Å². The summed E-state index contributed by atoms with van der Waals surface area (Å²) in [5.41, 5.74) is 2.62. The van der Waals surface area contributed by atoms with E-state index >= 15 is 0 Å². The first-order valence-corrected chi connectivity index (χ1v) is 9.59. The first kappa shape index (κ1) is 18.2. The van der Waals surface area contributed by atoms with Gasteiger partial charge in [0.25, 0.3) is 5.91 Å². The van der Waals surface area contributed by atoms with Crippen LogP contribution in [0.15, 0.2) is 35.1 Å². The molecule has 0 N–H and O–H groups in total. The summed E-state index contributed by atoms with van der Waals surface area (Å²) in [5.74, 6) is 0.518. The van der Waals surface area contributed by atoms with E-state index in [-0.39, 0.29) is 11.3 Å². The quantitative estimate of drug-likeness (QED) is 0.811. The highest BCUT2D eigenvalue weighted by atomic mass is 16.5. The third-order valence-corrected chi connectivity index (χ3v) is 5.78. The van der Waals surface area contributed by atoms with Crippen molar-refractivity contribution in [3.05, 3.63) is 41.9 Å². The number of aromatic nitrogens is 1. The molecule has 27 heavy (non-hydrogen) atoms. The molecule has 6 heteroatoms. The van der Waals surface area contributed by atoms with E-state index in [1.165, 1.54) is 6.39 Å². The molecule has 1 spiro atoms. The molecule has 1 unspecified atom stereocenters. The van der Waals surface area contributed by atoms with Crippen LogP contribution in [0.1, 0.15) is 29.4 Å². The minimum Gasteiger partial charge on any atom is -0.443 e. The van der Waals surface area contributed by atoms with Gasteiger partial charge in [-0.2, -0.15) is 0 Å². The third kappa shape index (κ3) is 3.39. The first-order chi connectivity index (χ1) is 13.0. The number of aryl methyl sites for hydroxylation is 1. The van der Waals surface area contributed by atoms with Gasteiger partial charge < -0.3 is 19.0 Å². The van der Waals surface area contributed by atoms with Crippen molar-refractivity contribution in [2.24, 2.45) is 5.41 Å². The molecule has 4 rings (SSSR count). The van der Waals surface area contributed by atoms with Gasteiger partial charge in [-0.1, -0.05) is 23.8 Å². The topological polar surface area (TPSA) is 58.8 Å². The summed E-state index contributed by atoms with van der Waals surface area (Å²) in [5, 5.41) is 0. The number of hydrogen-bond donors (Lipinski definition) is 0. The van der Waals surface area contributed by atoms with Gasteiger partial charge in [-0.05, 0) is 33.4 Å². The van der Waals surface area contributed by atoms with Gasteiger partial charge in [0.2, 0.25) is 0 Å². The van der Waals surface area contributed by atoms with Crippen molar-refractivity contribution in [2.75, 3.05) is 39.9 Å². The van der Waals surface area contributed by atoms with Gasteiger partial charge in [-0.15, -0.1) is 0 Å². The van der Waals surface area contributed by atoms with Gasteiger partial charge in [0, 0.05) is 43.3 Å². The van der Waals surface area contributed by atoms with Crippen LogP contribution in [0.3, 0.4) is 0 Å². The predicted octanol–water partition coefficient (Wildman–Crippen LogP) is 2.83. The molecular formula is C21H27N3O3. The van der Waals surface area contributed by atoms with Gasteiger partial charge in [0.15, 0.2) is 17.8 Å². The summed E-state index contributed by atoms with van der Waals surface area (Å²) >= 11 is 0. The average Bonchev–Trinajstić information content (AvgIpc) is 3.23. The highest BCUT2D eigenvalue weighted by Crippen LogP contribution is 2.43. The molecule has 2 saturated heterocycles. The molecule has 0 bridgehead atoms. The number of nitrogens with zero attached hydrogens (tertiary/aromatic N) is 3. The molecule has 2 aliphatic rings. The molecule has 6 nitrogen and oxygen atoms in total. The van der Waals surface area contributed by atoms with E-state index in [2.05, 4.69) is 16.9 Å². The van der Waals surface area contributed by atoms with Crippen molar-refractivity contribution in [3.63, 3.8) is 0 Å². The molecular weight excluding hydrogens is 342 g/mol. The van der Waals surface area contributed by atoms with E-state index in [9.17, 15) is 4.79 Å². The molecule has 2 aromatic rings. The SMILES string of the molecule is CCOCC1CC2(CN(C(=O)c3ncoc3-c3cccc(C)c3)C2)CN1C. The molecule has 1 aromatic heterocycles. The van der Waals surface area contributed by atoms with Gasteiger partial charge in [-0.3, -0.25) is 4.79 Å². The van der Waals surface area contributed by atoms with Crippen LogP contribution in [0.4, 0.5) is 0 Å². The Morgan fingerprint density at radius 2 is 2.19 bits per heavy atom. The number of carbonyl (C=O) groups excluding carboxylic acids is 1. The fourth-order valence-electron chi connectivity index (χ4n) is 4.49. The van der Waals surface area contributed by atoms with E-state index < -0.39 is 0 Å². The standard InChI is InChI=1S/C21H27N3O3/c1-4-26-10-17-9-21(11-23(17)3)12-24(13-21)20(25)18-19(27-14-22-18)16-7-5-6-15(2)8-16/h5-8,14,17H,4,9-13H2,1-3H3. The Labute approximate surface area is 160 Å². The van der Waals surface area contributed by atoms with Gasteiger partial charge in [0.1, 0.15) is 0 Å². The minimum absolute atomic E-state index is 0.0400. The van der Waals surface area contributed by atoms with Crippen molar-refractivity contribution in [3.8, 4) is 11.3 Å². The molecule has 2 fully saturated rings. The highest BCUT2D eigenvalue weighted by Gasteiger charge is 2.52. The fourth-order valence-corrected chi connectivity index (χ4v) is 4.49. The number of likely N-dealkylation sites (N-methyl/N-ethyl adjacent to an activating group) is 1. The highest BCUT2D eigenvalue weighted by molar-refractivity contribution is 5.98. The Morgan fingerprint density at radius 3 is 2.93 bits per heavy atom. The van der Waals surface area contributed by atoms with Crippen LogP contribution in [0.2, 0.25) is 0 Å². The average molecular weight is 369 g/mol. The molecule has 0 saturated carbocycles. The summed E-state index contributed by atoms with van der Waals surface area (Å²) in [7, 11) is 2.15. The predicted molar refractivity (Wildman–Crippen MR) is 103 cm³/mol. The Kier molecular flexibility index (Phi) is 4.78. The zero-order chi connectivity index (χ0) is 19.0. The largest absolute Gasteiger partial charge is 0.443 e. The second-order valence-corrected chi connectivity index (χ2v) is 7.99. The maximum absolute atomic E-state index is 13.0. The summed E-state index contributed by atoms with van der Waals surface area (Å²) in [6.45, 7) is 8.13. The first-order valence-electron chi connectivity index (χ1n) is 9.59. The van der Waals surface area contributed by atoms with E-state index in [0.717, 1.165) is 50.4 Å². The Morgan fingerprint density at radius 1 is 1.37 bits per heavy atom. The second-order valence-electron chi connectivity index (χ2n) is 7.99. The maximum atomic E-state index is 13.0. The van der Waals surface area contributed by atoms with Crippen molar-refractivity contribution >= 4 is 5.91 Å². The third-order valence-electron chi connectivity index (χ3n) is 5.78.